The van der Waals surface area contributed by atoms with Crippen LogP contribution in [-0.4, -0.2) is 18.8 Å². The maximum absolute atomic E-state index is 10.7. The van der Waals surface area contributed by atoms with Gasteiger partial charge in [0, 0.05) is 0 Å². The summed E-state index contributed by atoms with van der Waals surface area (Å²) in [6.07, 6.45) is 4.56. The van der Waals surface area contributed by atoms with Crippen LogP contribution in [0.1, 0.15) is 13.3 Å². The molecule has 0 aliphatic carbocycles. The van der Waals surface area contributed by atoms with Gasteiger partial charge in [-0.15, -0.1) is 11.8 Å². The SMILES string of the molecule is C=C/C=C(/CC)SCC(=O)OC. The minimum Gasteiger partial charge on any atom is -0.468 e. The van der Waals surface area contributed by atoms with E-state index in [0.717, 1.165) is 11.3 Å². The zero-order chi connectivity index (χ0) is 9.40. The lowest BCUT2D eigenvalue weighted by Gasteiger charge is -2.01. The first-order valence-corrected chi connectivity index (χ1v) is 4.74. The van der Waals surface area contributed by atoms with Crippen molar-refractivity contribution >= 4 is 17.7 Å². The molecule has 0 fully saturated rings. The van der Waals surface area contributed by atoms with E-state index in [4.69, 9.17) is 0 Å². The van der Waals surface area contributed by atoms with Crippen molar-refractivity contribution in [2.75, 3.05) is 12.9 Å². The van der Waals surface area contributed by atoms with Crippen LogP contribution in [0.5, 0.6) is 0 Å². The topological polar surface area (TPSA) is 26.3 Å². The van der Waals surface area contributed by atoms with Crippen molar-refractivity contribution in [1.29, 1.82) is 0 Å². The second-order valence-electron chi connectivity index (χ2n) is 2.09. The average molecular weight is 186 g/mol. The monoisotopic (exact) mass is 186 g/mol. The highest BCUT2D eigenvalue weighted by molar-refractivity contribution is 8.03. The molecular weight excluding hydrogens is 172 g/mol. The highest BCUT2D eigenvalue weighted by Gasteiger charge is 2.01. The molecule has 0 atom stereocenters. The van der Waals surface area contributed by atoms with Crippen LogP contribution in [0.2, 0.25) is 0 Å². The van der Waals surface area contributed by atoms with Gasteiger partial charge in [-0.2, -0.15) is 0 Å². The summed E-state index contributed by atoms with van der Waals surface area (Å²) in [5.74, 6) is 0.188. The van der Waals surface area contributed by atoms with Gasteiger partial charge in [0.2, 0.25) is 0 Å². The molecule has 3 heteroatoms. The van der Waals surface area contributed by atoms with Crippen LogP contribution in [0, 0.1) is 0 Å². The van der Waals surface area contributed by atoms with Gasteiger partial charge in [0.05, 0.1) is 12.9 Å². The van der Waals surface area contributed by atoms with Crippen molar-refractivity contribution in [2.45, 2.75) is 13.3 Å². The fourth-order valence-corrected chi connectivity index (χ4v) is 1.43. The van der Waals surface area contributed by atoms with Crippen LogP contribution < -0.4 is 0 Å². The molecule has 0 bridgehead atoms. The van der Waals surface area contributed by atoms with Crippen molar-refractivity contribution in [3.05, 3.63) is 23.6 Å². The zero-order valence-electron chi connectivity index (χ0n) is 7.50. The number of rotatable bonds is 5. The molecule has 0 aromatic heterocycles. The third-order valence-electron chi connectivity index (χ3n) is 1.26. The Bertz CT molecular complexity index is 185. The lowest BCUT2D eigenvalue weighted by atomic mass is 10.4. The molecule has 0 aromatic carbocycles. The van der Waals surface area contributed by atoms with E-state index in [2.05, 4.69) is 11.3 Å². The van der Waals surface area contributed by atoms with Crippen LogP contribution >= 0.6 is 11.8 Å². The normalized spacial score (nSPS) is 11.0. The molecule has 68 valence electrons. The number of carbonyl (C=O) groups excluding carboxylic acids is 1. The Morgan fingerprint density at radius 1 is 1.67 bits per heavy atom. The maximum Gasteiger partial charge on any atom is 0.315 e. The third-order valence-corrected chi connectivity index (χ3v) is 2.43. The number of allylic oxidation sites excluding steroid dienone is 3. The number of hydrogen-bond donors (Lipinski definition) is 0. The molecule has 2 nitrogen and oxygen atoms in total. The molecule has 0 rings (SSSR count). The van der Waals surface area contributed by atoms with Gasteiger partial charge in [-0.05, 0) is 11.3 Å². The summed E-state index contributed by atoms with van der Waals surface area (Å²) in [5.41, 5.74) is 0. The summed E-state index contributed by atoms with van der Waals surface area (Å²) < 4.78 is 4.51. The van der Waals surface area contributed by atoms with Gasteiger partial charge >= 0.3 is 5.97 Å². The first-order valence-electron chi connectivity index (χ1n) is 3.75. The Balaban J connectivity index is 3.80. The fourth-order valence-electron chi connectivity index (χ4n) is 0.610. The number of hydrogen-bond acceptors (Lipinski definition) is 3. The second-order valence-corrected chi connectivity index (χ2v) is 3.19. The standard InChI is InChI=1S/C9H14O2S/c1-4-6-8(5-2)12-7-9(10)11-3/h4,6H,1,5,7H2,2-3H3/b8-6-. The molecule has 0 aromatic rings. The lowest BCUT2D eigenvalue weighted by Crippen LogP contribution is -2.02. The molecule has 0 unspecified atom stereocenters. The third kappa shape index (κ3) is 5.02. The summed E-state index contributed by atoms with van der Waals surface area (Å²) in [6.45, 7) is 5.63. The predicted molar refractivity (Wildman–Crippen MR) is 53.0 cm³/mol. The fraction of sp³-hybridized carbons (Fsp3) is 0.444. The molecule has 0 amide bonds. The first kappa shape index (κ1) is 11.3. The lowest BCUT2D eigenvalue weighted by molar-refractivity contribution is -0.137. The first-order chi connectivity index (χ1) is 5.74. The van der Waals surface area contributed by atoms with Crippen molar-refractivity contribution in [3.8, 4) is 0 Å². The van der Waals surface area contributed by atoms with E-state index in [1.165, 1.54) is 18.9 Å². The van der Waals surface area contributed by atoms with Crippen LogP contribution in [0.15, 0.2) is 23.6 Å². The van der Waals surface area contributed by atoms with Gasteiger partial charge in [0.1, 0.15) is 0 Å². The molecule has 0 saturated carbocycles. The Morgan fingerprint density at radius 3 is 2.75 bits per heavy atom. The summed E-state index contributed by atoms with van der Waals surface area (Å²) >= 11 is 1.49. The van der Waals surface area contributed by atoms with Crippen molar-refractivity contribution < 1.29 is 9.53 Å². The summed E-state index contributed by atoms with van der Waals surface area (Å²) in [4.78, 5) is 11.9. The van der Waals surface area contributed by atoms with Crippen LogP contribution in [0.25, 0.3) is 0 Å². The van der Waals surface area contributed by atoms with E-state index in [-0.39, 0.29) is 5.97 Å². The van der Waals surface area contributed by atoms with Crippen molar-refractivity contribution in [3.63, 3.8) is 0 Å². The molecule has 0 N–H and O–H groups in total. The van der Waals surface area contributed by atoms with Gasteiger partial charge in [-0.1, -0.05) is 25.7 Å². The van der Waals surface area contributed by atoms with Crippen LogP contribution in [0.3, 0.4) is 0 Å². The van der Waals surface area contributed by atoms with Gasteiger partial charge in [0.25, 0.3) is 0 Å². The average Bonchev–Trinajstić information content (AvgIpc) is 2.11. The minimum atomic E-state index is -0.191. The van der Waals surface area contributed by atoms with Gasteiger partial charge in [0.15, 0.2) is 0 Å². The van der Waals surface area contributed by atoms with E-state index in [9.17, 15) is 4.79 Å². The molecule has 0 aliphatic rings. The van der Waals surface area contributed by atoms with E-state index >= 15 is 0 Å². The quantitative estimate of drug-likeness (QED) is 0.487. The Labute approximate surface area is 77.7 Å². The minimum absolute atomic E-state index is 0.191. The van der Waals surface area contributed by atoms with Crippen LogP contribution in [0.4, 0.5) is 0 Å². The van der Waals surface area contributed by atoms with Crippen molar-refractivity contribution in [2.24, 2.45) is 0 Å². The molecule has 0 aliphatic heterocycles. The van der Waals surface area contributed by atoms with E-state index in [1.807, 2.05) is 13.0 Å². The highest BCUT2D eigenvalue weighted by Crippen LogP contribution is 2.18. The van der Waals surface area contributed by atoms with Gasteiger partial charge in [-0.25, -0.2) is 0 Å². The maximum atomic E-state index is 10.7. The number of ether oxygens (including phenoxy) is 1. The number of esters is 1. The van der Waals surface area contributed by atoms with E-state index in [0.29, 0.717) is 5.75 Å². The highest BCUT2D eigenvalue weighted by atomic mass is 32.2. The van der Waals surface area contributed by atoms with E-state index < -0.39 is 0 Å². The van der Waals surface area contributed by atoms with E-state index in [1.54, 1.807) is 6.08 Å². The van der Waals surface area contributed by atoms with Crippen LogP contribution in [-0.2, 0) is 9.53 Å². The zero-order valence-corrected chi connectivity index (χ0v) is 8.32. The van der Waals surface area contributed by atoms with Gasteiger partial charge < -0.3 is 4.74 Å². The Kier molecular flexibility index (Phi) is 6.57. The molecule has 0 radical (unpaired) electrons. The second kappa shape index (κ2) is 6.98. The molecular formula is C9H14O2S. The Morgan fingerprint density at radius 2 is 2.33 bits per heavy atom. The summed E-state index contributed by atoms with van der Waals surface area (Å²) in [5, 5.41) is 0. The number of methoxy groups -OCH3 is 1. The smallest absolute Gasteiger partial charge is 0.315 e. The van der Waals surface area contributed by atoms with Gasteiger partial charge in [-0.3, -0.25) is 4.79 Å². The summed E-state index contributed by atoms with van der Waals surface area (Å²) in [6, 6.07) is 0. The largest absolute Gasteiger partial charge is 0.468 e. The Hall–Kier alpha value is -0.700. The number of thioether (sulfide) groups is 1. The predicted octanol–water partition coefficient (Wildman–Crippen LogP) is 2.37. The summed E-state index contributed by atoms with van der Waals surface area (Å²) in [7, 11) is 1.39. The molecule has 12 heavy (non-hydrogen) atoms. The molecule has 0 spiro atoms. The van der Waals surface area contributed by atoms with Crippen molar-refractivity contribution in [1.82, 2.24) is 0 Å². The molecule has 0 heterocycles. The molecule has 0 saturated heterocycles. The number of carbonyl (C=O) groups is 1.